The minimum Gasteiger partial charge on any atom is -0.491 e. The van der Waals surface area contributed by atoms with Gasteiger partial charge >= 0.3 is 0 Å². The van der Waals surface area contributed by atoms with Gasteiger partial charge in [0.25, 0.3) is 5.69 Å². The first kappa shape index (κ1) is 18.9. The molecule has 2 aromatic carbocycles. The molecule has 8 heteroatoms. The van der Waals surface area contributed by atoms with Crippen LogP contribution in [0.4, 0.5) is 5.69 Å². The van der Waals surface area contributed by atoms with Gasteiger partial charge in [-0.1, -0.05) is 24.3 Å². The van der Waals surface area contributed by atoms with E-state index in [4.69, 9.17) is 4.74 Å². The molecular formula is C17H20N2O5S. The monoisotopic (exact) mass is 364 g/mol. The van der Waals surface area contributed by atoms with Crippen molar-refractivity contribution in [2.45, 2.75) is 31.3 Å². The fourth-order valence-corrected chi connectivity index (χ4v) is 3.45. The van der Waals surface area contributed by atoms with Crippen LogP contribution < -0.4 is 9.46 Å². The summed E-state index contributed by atoms with van der Waals surface area (Å²) in [5, 5.41) is 11.0. The molecule has 25 heavy (non-hydrogen) atoms. The number of ether oxygens (including phenoxy) is 1. The highest BCUT2D eigenvalue weighted by Crippen LogP contribution is 2.22. The van der Waals surface area contributed by atoms with Crippen LogP contribution in [0.3, 0.4) is 0 Å². The van der Waals surface area contributed by atoms with Gasteiger partial charge in [-0.15, -0.1) is 0 Å². The summed E-state index contributed by atoms with van der Waals surface area (Å²) in [6, 6.07) is 12.6. The summed E-state index contributed by atoms with van der Waals surface area (Å²) >= 11 is 0. The van der Waals surface area contributed by atoms with Crippen LogP contribution in [0.1, 0.15) is 19.4 Å². The number of benzene rings is 2. The SMILES string of the molecule is CC(C)Oc1ccc(CCNS(=O)(=O)c2ccccc2[N+](=O)[O-])cc1. The predicted octanol–water partition coefficient (Wildman–Crippen LogP) is 2.90. The van der Waals surface area contributed by atoms with Crippen molar-refractivity contribution in [2.75, 3.05) is 6.54 Å². The van der Waals surface area contributed by atoms with E-state index in [0.29, 0.717) is 6.42 Å². The first-order valence-corrected chi connectivity index (χ1v) is 9.26. The summed E-state index contributed by atoms with van der Waals surface area (Å²) in [6.07, 6.45) is 0.543. The van der Waals surface area contributed by atoms with E-state index in [9.17, 15) is 18.5 Å². The third-order valence-corrected chi connectivity index (χ3v) is 4.86. The predicted molar refractivity (Wildman–Crippen MR) is 94.2 cm³/mol. The molecule has 0 saturated carbocycles. The largest absolute Gasteiger partial charge is 0.491 e. The van der Waals surface area contributed by atoms with Gasteiger partial charge in [0.1, 0.15) is 5.75 Å². The van der Waals surface area contributed by atoms with Crippen molar-refractivity contribution in [1.29, 1.82) is 0 Å². The van der Waals surface area contributed by atoms with E-state index in [1.165, 1.54) is 24.3 Å². The lowest BCUT2D eigenvalue weighted by Crippen LogP contribution is -2.26. The Labute approximate surface area is 146 Å². The maximum atomic E-state index is 12.3. The molecule has 0 aliphatic carbocycles. The second-order valence-corrected chi connectivity index (χ2v) is 7.42. The Morgan fingerprint density at radius 1 is 1.12 bits per heavy atom. The number of hydrogen-bond donors (Lipinski definition) is 1. The topological polar surface area (TPSA) is 98.5 Å². The van der Waals surface area contributed by atoms with E-state index < -0.39 is 20.6 Å². The molecule has 7 nitrogen and oxygen atoms in total. The Morgan fingerprint density at radius 3 is 2.36 bits per heavy atom. The van der Waals surface area contributed by atoms with Crippen LogP contribution in [0.25, 0.3) is 0 Å². The van der Waals surface area contributed by atoms with Crippen molar-refractivity contribution in [1.82, 2.24) is 4.72 Å². The van der Waals surface area contributed by atoms with E-state index >= 15 is 0 Å². The second kappa shape index (κ2) is 8.09. The van der Waals surface area contributed by atoms with Crippen LogP contribution in [-0.2, 0) is 16.4 Å². The lowest BCUT2D eigenvalue weighted by molar-refractivity contribution is -0.387. The van der Waals surface area contributed by atoms with Gasteiger partial charge in [-0.3, -0.25) is 10.1 Å². The number of sulfonamides is 1. The molecule has 0 amide bonds. The van der Waals surface area contributed by atoms with E-state index in [0.717, 1.165) is 11.3 Å². The van der Waals surface area contributed by atoms with Gasteiger partial charge in [-0.2, -0.15) is 0 Å². The molecule has 0 bridgehead atoms. The second-order valence-electron chi connectivity index (χ2n) is 5.68. The molecule has 134 valence electrons. The van der Waals surface area contributed by atoms with Crippen molar-refractivity contribution in [3.8, 4) is 5.75 Å². The average Bonchev–Trinajstić information content (AvgIpc) is 2.56. The molecule has 0 unspecified atom stereocenters. The summed E-state index contributed by atoms with van der Waals surface area (Å²) in [5.74, 6) is 0.749. The number of hydrogen-bond acceptors (Lipinski definition) is 5. The van der Waals surface area contributed by atoms with Crippen LogP contribution in [0.15, 0.2) is 53.4 Å². The molecule has 0 aliphatic heterocycles. The third-order valence-electron chi connectivity index (χ3n) is 3.35. The van der Waals surface area contributed by atoms with Gasteiger partial charge < -0.3 is 4.74 Å². The van der Waals surface area contributed by atoms with Crippen molar-refractivity contribution in [2.24, 2.45) is 0 Å². The Bertz CT molecular complexity index is 832. The van der Waals surface area contributed by atoms with Crippen molar-refractivity contribution >= 4 is 15.7 Å². The lowest BCUT2D eigenvalue weighted by atomic mass is 10.1. The fraction of sp³-hybridized carbons (Fsp3) is 0.294. The first-order chi connectivity index (χ1) is 11.8. The van der Waals surface area contributed by atoms with Gasteiger partial charge in [-0.25, -0.2) is 13.1 Å². The van der Waals surface area contributed by atoms with E-state index in [1.54, 1.807) is 0 Å². The van der Waals surface area contributed by atoms with E-state index in [1.807, 2.05) is 38.1 Å². The average molecular weight is 364 g/mol. The van der Waals surface area contributed by atoms with Crippen LogP contribution >= 0.6 is 0 Å². The quantitative estimate of drug-likeness (QED) is 0.573. The van der Waals surface area contributed by atoms with Gasteiger partial charge in [0.05, 0.1) is 11.0 Å². The van der Waals surface area contributed by atoms with E-state index in [-0.39, 0.29) is 17.5 Å². The van der Waals surface area contributed by atoms with Crippen LogP contribution in [0.2, 0.25) is 0 Å². The van der Waals surface area contributed by atoms with Gasteiger partial charge in [0, 0.05) is 12.6 Å². The highest BCUT2D eigenvalue weighted by atomic mass is 32.2. The maximum absolute atomic E-state index is 12.3. The molecule has 1 N–H and O–H groups in total. The lowest BCUT2D eigenvalue weighted by Gasteiger charge is -2.10. The zero-order chi connectivity index (χ0) is 18.4. The fourth-order valence-electron chi connectivity index (χ4n) is 2.25. The highest BCUT2D eigenvalue weighted by Gasteiger charge is 2.24. The first-order valence-electron chi connectivity index (χ1n) is 7.78. The highest BCUT2D eigenvalue weighted by molar-refractivity contribution is 7.89. The number of nitrogens with one attached hydrogen (secondary N) is 1. The Kier molecular flexibility index (Phi) is 6.11. The summed E-state index contributed by atoms with van der Waals surface area (Å²) in [4.78, 5) is 9.93. The molecule has 0 saturated heterocycles. The number of para-hydroxylation sites is 1. The summed E-state index contributed by atoms with van der Waals surface area (Å²) in [7, 11) is -3.95. The third kappa shape index (κ3) is 5.27. The molecule has 0 aromatic heterocycles. The van der Waals surface area contributed by atoms with Crippen molar-refractivity contribution in [3.63, 3.8) is 0 Å². The Balaban J connectivity index is 2.00. The summed E-state index contributed by atoms with van der Waals surface area (Å²) in [6.45, 7) is 4.01. The zero-order valence-electron chi connectivity index (χ0n) is 14.0. The smallest absolute Gasteiger partial charge is 0.289 e. The zero-order valence-corrected chi connectivity index (χ0v) is 14.8. The van der Waals surface area contributed by atoms with Gasteiger partial charge in [0.2, 0.25) is 10.0 Å². The number of rotatable bonds is 8. The molecule has 0 spiro atoms. The summed E-state index contributed by atoms with van der Waals surface area (Å²) < 4.78 is 32.5. The standard InChI is InChI=1S/C17H20N2O5S/c1-13(2)24-15-9-7-14(8-10-15)11-12-18-25(22,23)17-6-4-3-5-16(17)19(20)21/h3-10,13,18H,11-12H2,1-2H3. The minimum absolute atomic E-state index is 0.0827. The summed E-state index contributed by atoms with van der Waals surface area (Å²) in [5.41, 5.74) is 0.492. The normalized spacial score (nSPS) is 11.5. The molecule has 0 radical (unpaired) electrons. The van der Waals surface area contributed by atoms with Crippen molar-refractivity contribution in [3.05, 3.63) is 64.2 Å². The van der Waals surface area contributed by atoms with Gasteiger partial charge in [-0.05, 0) is 44.0 Å². The van der Waals surface area contributed by atoms with Crippen LogP contribution in [0.5, 0.6) is 5.75 Å². The number of nitrogens with zero attached hydrogens (tertiary/aromatic N) is 1. The minimum atomic E-state index is -3.95. The van der Waals surface area contributed by atoms with Crippen LogP contribution in [-0.4, -0.2) is 26.0 Å². The van der Waals surface area contributed by atoms with E-state index in [2.05, 4.69) is 4.72 Å². The molecule has 0 atom stereocenters. The molecule has 0 heterocycles. The molecule has 0 fully saturated rings. The van der Waals surface area contributed by atoms with Gasteiger partial charge in [0.15, 0.2) is 4.90 Å². The molecule has 2 rings (SSSR count). The number of nitro groups is 1. The Morgan fingerprint density at radius 2 is 1.76 bits per heavy atom. The van der Waals surface area contributed by atoms with Crippen molar-refractivity contribution < 1.29 is 18.1 Å². The Hall–Kier alpha value is -2.45. The maximum Gasteiger partial charge on any atom is 0.289 e. The molecular weight excluding hydrogens is 344 g/mol. The number of nitro benzene ring substituents is 1. The molecule has 0 aliphatic rings. The van der Waals surface area contributed by atoms with Crippen LogP contribution in [0, 0.1) is 10.1 Å². The molecule has 2 aromatic rings.